The quantitative estimate of drug-likeness (QED) is 0.511. The second-order valence-corrected chi connectivity index (χ2v) is 2.98. The molecule has 0 rings (SSSR count). The first-order valence-electron chi connectivity index (χ1n) is 4.64. The molecule has 0 aromatic heterocycles. The third kappa shape index (κ3) is 1780. The summed E-state index contributed by atoms with van der Waals surface area (Å²) in [6.45, 7) is 21.0. The van der Waals surface area contributed by atoms with Crippen molar-refractivity contribution < 1.29 is 17.5 Å². The van der Waals surface area contributed by atoms with Crippen molar-refractivity contribution in [3.8, 4) is 0 Å². The van der Waals surface area contributed by atoms with Crippen molar-refractivity contribution in [1.29, 1.82) is 0 Å². The lowest BCUT2D eigenvalue weighted by Gasteiger charge is -1.68. The number of allylic oxidation sites excluding steroid dienone is 4. The molecule has 0 spiro atoms. The predicted octanol–water partition coefficient (Wildman–Crippen LogP) is 4.12. The first kappa shape index (κ1) is 29.7. The fourth-order valence-electron chi connectivity index (χ4n) is 0. The minimum absolute atomic E-state index is 1.75. The van der Waals surface area contributed by atoms with Gasteiger partial charge in [-0.25, -0.2) is 0 Å². The van der Waals surface area contributed by atoms with Crippen LogP contribution in [-0.2, 0) is 10.4 Å². The smallest absolute Gasteiger partial charge is 0.264 e. The van der Waals surface area contributed by atoms with Gasteiger partial charge in [0.2, 0.25) is 0 Å². The average Bonchev–Trinajstić information content (AvgIpc) is 2.04. The molecule has 17 heavy (non-hydrogen) atoms. The zero-order valence-electron chi connectivity index (χ0n) is 11.3. The van der Waals surface area contributed by atoms with Gasteiger partial charge < -0.3 is 0 Å². The Morgan fingerprint density at radius 2 is 0.706 bits per heavy atom. The van der Waals surface area contributed by atoms with Crippen molar-refractivity contribution in [2.45, 2.75) is 27.7 Å². The van der Waals surface area contributed by atoms with E-state index in [1.165, 1.54) is 0 Å². The molecule has 0 atom stereocenters. The Balaban J connectivity index is -0.0000000362. The molecule has 0 saturated carbocycles. The molecular weight excluding hydrogens is 240 g/mol. The lowest BCUT2D eigenvalue weighted by Crippen LogP contribution is -1.89. The molecule has 0 heterocycles. The first-order valence-corrected chi connectivity index (χ1v) is 6.04. The van der Waals surface area contributed by atoms with E-state index in [0.29, 0.717) is 0 Å². The fourth-order valence-corrected chi connectivity index (χ4v) is 0. The molecule has 2 N–H and O–H groups in total. The van der Waals surface area contributed by atoms with Crippen LogP contribution in [0.1, 0.15) is 27.7 Å². The highest BCUT2D eigenvalue weighted by molar-refractivity contribution is 7.79. The van der Waals surface area contributed by atoms with Crippen molar-refractivity contribution in [3.05, 3.63) is 50.6 Å². The van der Waals surface area contributed by atoms with E-state index in [-0.39, 0.29) is 0 Å². The van der Waals surface area contributed by atoms with Crippen LogP contribution in [0.25, 0.3) is 0 Å². The summed E-state index contributed by atoms with van der Waals surface area (Å²) in [6.07, 6.45) is 7.00. The van der Waals surface area contributed by atoms with E-state index in [1.54, 1.807) is 24.3 Å². The van der Waals surface area contributed by atoms with Crippen LogP contribution in [0.4, 0.5) is 0 Å². The minimum Gasteiger partial charge on any atom is -0.264 e. The van der Waals surface area contributed by atoms with E-state index >= 15 is 0 Å². The summed E-state index contributed by atoms with van der Waals surface area (Å²) in [5.41, 5.74) is 0. The molecule has 0 unspecified atom stereocenters. The second-order valence-electron chi connectivity index (χ2n) is 2.08. The molecule has 0 saturated heterocycles. The molecular formula is C12H26O4S. The predicted molar refractivity (Wildman–Crippen MR) is 77.7 cm³/mol. The number of rotatable bonds is 0. The Morgan fingerprint density at radius 3 is 0.706 bits per heavy atom. The molecule has 5 heteroatoms. The van der Waals surface area contributed by atoms with Crippen LogP contribution in [0.15, 0.2) is 50.6 Å². The standard InChI is InChI=1S/4C3H6.H2O4S/c4*1-3-2;1-5(2,3)4/h4*3H,1H2,2H3;(H2,1,2,3,4). The van der Waals surface area contributed by atoms with E-state index in [0.717, 1.165) is 0 Å². The van der Waals surface area contributed by atoms with Crippen LogP contribution >= 0.6 is 0 Å². The van der Waals surface area contributed by atoms with Gasteiger partial charge in [-0.3, -0.25) is 9.11 Å². The monoisotopic (exact) mass is 266 g/mol. The van der Waals surface area contributed by atoms with Crippen molar-refractivity contribution in [3.63, 3.8) is 0 Å². The molecule has 0 amide bonds. The molecule has 0 bridgehead atoms. The van der Waals surface area contributed by atoms with Gasteiger partial charge in [0.15, 0.2) is 0 Å². The summed E-state index contributed by atoms with van der Waals surface area (Å²) >= 11 is 0. The van der Waals surface area contributed by atoms with E-state index in [9.17, 15) is 0 Å². The van der Waals surface area contributed by atoms with Gasteiger partial charge in [-0.15, -0.1) is 26.3 Å². The highest BCUT2D eigenvalue weighted by Gasteiger charge is 1.84. The zero-order valence-corrected chi connectivity index (χ0v) is 12.1. The van der Waals surface area contributed by atoms with Gasteiger partial charge >= 0.3 is 10.4 Å². The molecule has 0 aromatic rings. The maximum Gasteiger partial charge on any atom is 0.394 e. The maximum absolute atomic E-state index is 8.74. The summed E-state index contributed by atoms with van der Waals surface area (Å²) < 4.78 is 31.6. The Hall–Kier alpha value is -1.17. The van der Waals surface area contributed by atoms with Gasteiger partial charge in [0.25, 0.3) is 0 Å². The molecule has 104 valence electrons. The van der Waals surface area contributed by atoms with Crippen LogP contribution in [-0.4, -0.2) is 17.5 Å². The molecule has 4 nitrogen and oxygen atoms in total. The highest BCUT2D eigenvalue weighted by Crippen LogP contribution is 1.59. The summed E-state index contributed by atoms with van der Waals surface area (Å²) in [4.78, 5) is 0. The van der Waals surface area contributed by atoms with Crippen molar-refractivity contribution >= 4 is 10.4 Å². The molecule has 0 radical (unpaired) electrons. The van der Waals surface area contributed by atoms with Gasteiger partial charge in [0.1, 0.15) is 0 Å². The normalized spacial score (nSPS) is 6.47. The number of hydrogen-bond acceptors (Lipinski definition) is 2. The van der Waals surface area contributed by atoms with Gasteiger partial charge in [0.05, 0.1) is 0 Å². The van der Waals surface area contributed by atoms with Crippen LogP contribution in [0.3, 0.4) is 0 Å². The Bertz CT molecular complexity index is 209. The number of hydrogen-bond donors (Lipinski definition) is 2. The third-order valence-corrected chi connectivity index (χ3v) is 0. The first-order chi connectivity index (χ1) is 7.66. The second kappa shape index (κ2) is 36.4. The zero-order chi connectivity index (χ0) is 15.3. The summed E-state index contributed by atoms with van der Waals surface area (Å²) in [5, 5.41) is 0. The van der Waals surface area contributed by atoms with E-state index < -0.39 is 10.4 Å². The molecule has 0 aliphatic heterocycles. The van der Waals surface area contributed by atoms with E-state index in [4.69, 9.17) is 17.5 Å². The lowest BCUT2D eigenvalue weighted by molar-refractivity contribution is 0.381. The molecule has 0 aliphatic carbocycles. The average molecular weight is 266 g/mol. The summed E-state index contributed by atoms with van der Waals surface area (Å²) in [7, 11) is -4.67. The lowest BCUT2D eigenvalue weighted by atomic mass is 10.8. The van der Waals surface area contributed by atoms with Gasteiger partial charge in [-0.05, 0) is 27.7 Å². The fraction of sp³-hybridized carbons (Fsp3) is 0.333. The largest absolute Gasteiger partial charge is 0.394 e. The van der Waals surface area contributed by atoms with Gasteiger partial charge in [0, 0.05) is 0 Å². The van der Waals surface area contributed by atoms with Gasteiger partial charge in [-0.2, -0.15) is 8.42 Å². The minimum atomic E-state index is -4.67. The van der Waals surface area contributed by atoms with Crippen LogP contribution in [0.2, 0.25) is 0 Å². The van der Waals surface area contributed by atoms with E-state index in [1.807, 2.05) is 27.7 Å². The van der Waals surface area contributed by atoms with Crippen LogP contribution < -0.4 is 0 Å². The summed E-state index contributed by atoms with van der Waals surface area (Å²) in [5.74, 6) is 0. The topological polar surface area (TPSA) is 74.6 Å². The van der Waals surface area contributed by atoms with Crippen LogP contribution in [0.5, 0.6) is 0 Å². The Labute approximate surface area is 107 Å². The Morgan fingerprint density at radius 1 is 0.706 bits per heavy atom. The van der Waals surface area contributed by atoms with Crippen molar-refractivity contribution in [2.75, 3.05) is 0 Å². The van der Waals surface area contributed by atoms with Crippen LogP contribution in [0, 0.1) is 0 Å². The third-order valence-electron chi connectivity index (χ3n) is 0. The van der Waals surface area contributed by atoms with Gasteiger partial charge in [-0.1, -0.05) is 24.3 Å². The maximum atomic E-state index is 8.74. The molecule has 0 aromatic carbocycles. The van der Waals surface area contributed by atoms with Crippen molar-refractivity contribution in [2.24, 2.45) is 0 Å². The molecule has 0 aliphatic rings. The van der Waals surface area contributed by atoms with E-state index in [2.05, 4.69) is 26.3 Å². The highest BCUT2D eigenvalue weighted by atomic mass is 32.3. The summed E-state index contributed by atoms with van der Waals surface area (Å²) in [6, 6.07) is 0. The molecule has 0 fully saturated rings. The van der Waals surface area contributed by atoms with Crippen molar-refractivity contribution in [1.82, 2.24) is 0 Å². The SMILES string of the molecule is C=CC.C=CC.C=CC.C=CC.O=S(=O)(O)O. The Kier molecular flexibility index (Phi) is 63.5.